The van der Waals surface area contributed by atoms with E-state index in [1.54, 1.807) is 0 Å². The van der Waals surface area contributed by atoms with Crippen molar-refractivity contribution in [3.8, 4) is 0 Å². The molecule has 122 valence electrons. The maximum absolute atomic E-state index is 12.0. The largest absolute Gasteiger partial charge is 0.333 e. The first-order chi connectivity index (χ1) is 11.5. The van der Waals surface area contributed by atoms with Gasteiger partial charge in [-0.15, -0.1) is 0 Å². The van der Waals surface area contributed by atoms with E-state index in [0.717, 1.165) is 16.6 Å². The topological polar surface area (TPSA) is 101 Å². The number of carbonyl (C=O) groups excluding carboxylic acids is 1. The number of non-ortho nitro benzene ring substituents is 1. The molecule has 1 amide bonds. The Morgan fingerprint density at radius 3 is 2.75 bits per heavy atom. The Labute approximate surface area is 141 Å². The van der Waals surface area contributed by atoms with E-state index < -0.39 is 4.92 Å². The lowest BCUT2D eigenvalue weighted by molar-refractivity contribution is -0.384. The Kier molecular flexibility index (Phi) is 4.48. The lowest BCUT2D eigenvalue weighted by Crippen LogP contribution is -2.14. The van der Waals surface area contributed by atoms with Crippen LogP contribution in [0.15, 0.2) is 47.6 Å². The van der Waals surface area contributed by atoms with Gasteiger partial charge in [0.15, 0.2) is 5.16 Å². The van der Waals surface area contributed by atoms with Crippen LogP contribution >= 0.6 is 11.8 Å². The zero-order valence-corrected chi connectivity index (χ0v) is 13.6. The Bertz CT molecular complexity index is 905. The van der Waals surface area contributed by atoms with Crippen molar-refractivity contribution in [1.29, 1.82) is 0 Å². The molecular formula is C16H14N4O3S. The second-order valence-electron chi connectivity index (χ2n) is 5.20. The number of anilines is 1. The molecule has 24 heavy (non-hydrogen) atoms. The van der Waals surface area contributed by atoms with Crippen molar-refractivity contribution >= 4 is 40.1 Å². The number of aryl methyl sites for hydroxylation is 1. The summed E-state index contributed by atoms with van der Waals surface area (Å²) in [5, 5.41) is 14.0. The molecule has 0 spiro atoms. The Hall–Kier alpha value is -2.87. The highest BCUT2D eigenvalue weighted by Gasteiger charge is 2.09. The van der Waals surface area contributed by atoms with Gasteiger partial charge in [0.2, 0.25) is 5.91 Å². The van der Waals surface area contributed by atoms with Gasteiger partial charge >= 0.3 is 0 Å². The minimum atomic E-state index is -0.481. The van der Waals surface area contributed by atoms with Crippen molar-refractivity contribution in [2.45, 2.75) is 12.1 Å². The van der Waals surface area contributed by atoms with Gasteiger partial charge in [-0.3, -0.25) is 14.9 Å². The molecule has 0 aliphatic rings. The quantitative estimate of drug-likeness (QED) is 0.420. The number of benzene rings is 2. The molecule has 2 N–H and O–H groups in total. The van der Waals surface area contributed by atoms with Crippen LogP contribution in [0.1, 0.15) is 5.56 Å². The predicted molar refractivity (Wildman–Crippen MR) is 93.3 cm³/mol. The maximum atomic E-state index is 12.0. The minimum Gasteiger partial charge on any atom is -0.333 e. The molecule has 0 fully saturated rings. The summed E-state index contributed by atoms with van der Waals surface area (Å²) in [4.78, 5) is 29.7. The van der Waals surface area contributed by atoms with Crippen LogP contribution in [-0.4, -0.2) is 26.6 Å². The van der Waals surface area contributed by atoms with Crippen molar-refractivity contribution in [2.75, 3.05) is 11.1 Å². The SMILES string of the molecule is Cc1ccc2nc(SCC(=O)Nc3ccc([N+](=O)[O-])cc3)[nH]c2c1. The Morgan fingerprint density at radius 1 is 1.29 bits per heavy atom. The maximum Gasteiger partial charge on any atom is 0.269 e. The summed E-state index contributed by atoms with van der Waals surface area (Å²) in [6.45, 7) is 2.00. The third kappa shape index (κ3) is 3.72. The second kappa shape index (κ2) is 6.71. The number of nitrogens with zero attached hydrogens (tertiary/aromatic N) is 2. The summed E-state index contributed by atoms with van der Waals surface area (Å²) in [5.74, 6) is -0.0130. The van der Waals surface area contributed by atoms with Crippen LogP contribution in [-0.2, 0) is 4.79 Å². The molecule has 0 saturated carbocycles. The highest BCUT2D eigenvalue weighted by atomic mass is 32.2. The number of thioether (sulfide) groups is 1. The fourth-order valence-corrected chi connectivity index (χ4v) is 2.85. The molecule has 0 aliphatic carbocycles. The number of carbonyl (C=O) groups is 1. The number of nitrogens with one attached hydrogen (secondary N) is 2. The van der Waals surface area contributed by atoms with Crippen LogP contribution in [0.25, 0.3) is 11.0 Å². The average molecular weight is 342 g/mol. The van der Waals surface area contributed by atoms with Crippen LogP contribution in [0.3, 0.4) is 0 Å². The molecule has 0 bridgehead atoms. The highest BCUT2D eigenvalue weighted by molar-refractivity contribution is 7.99. The number of rotatable bonds is 5. The molecular weight excluding hydrogens is 328 g/mol. The van der Waals surface area contributed by atoms with Crippen LogP contribution < -0.4 is 5.32 Å². The Balaban J connectivity index is 1.59. The van der Waals surface area contributed by atoms with Crippen LogP contribution in [0.5, 0.6) is 0 Å². The smallest absolute Gasteiger partial charge is 0.269 e. The number of hydrogen-bond acceptors (Lipinski definition) is 5. The molecule has 3 aromatic rings. The van der Waals surface area contributed by atoms with Gasteiger partial charge in [0, 0.05) is 17.8 Å². The third-order valence-corrected chi connectivity index (χ3v) is 4.19. The van der Waals surface area contributed by atoms with Crippen molar-refractivity contribution in [1.82, 2.24) is 9.97 Å². The number of fused-ring (bicyclic) bond motifs is 1. The number of hydrogen-bond donors (Lipinski definition) is 2. The molecule has 0 radical (unpaired) electrons. The molecule has 1 aromatic heterocycles. The Morgan fingerprint density at radius 2 is 2.04 bits per heavy atom. The monoisotopic (exact) mass is 342 g/mol. The van der Waals surface area contributed by atoms with E-state index in [0.29, 0.717) is 10.8 Å². The summed E-state index contributed by atoms with van der Waals surface area (Å²) in [7, 11) is 0. The highest BCUT2D eigenvalue weighted by Crippen LogP contribution is 2.21. The molecule has 7 nitrogen and oxygen atoms in total. The van der Waals surface area contributed by atoms with E-state index in [9.17, 15) is 14.9 Å². The van der Waals surface area contributed by atoms with Gasteiger partial charge in [0.1, 0.15) is 0 Å². The van der Waals surface area contributed by atoms with E-state index in [2.05, 4.69) is 15.3 Å². The first kappa shape index (κ1) is 16.0. The molecule has 0 unspecified atom stereocenters. The van der Waals surface area contributed by atoms with Crippen LogP contribution in [0.4, 0.5) is 11.4 Å². The minimum absolute atomic E-state index is 0.0139. The molecule has 8 heteroatoms. The third-order valence-electron chi connectivity index (χ3n) is 3.32. The van der Waals surface area contributed by atoms with Crippen LogP contribution in [0.2, 0.25) is 0 Å². The summed E-state index contributed by atoms with van der Waals surface area (Å²) >= 11 is 1.30. The second-order valence-corrected chi connectivity index (χ2v) is 6.17. The number of amides is 1. The van der Waals surface area contributed by atoms with Crippen molar-refractivity contribution in [3.05, 3.63) is 58.1 Å². The summed E-state index contributed by atoms with van der Waals surface area (Å²) < 4.78 is 0. The summed E-state index contributed by atoms with van der Waals surface area (Å²) in [6.07, 6.45) is 0. The van der Waals surface area contributed by atoms with E-state index >= 15 is 0 Å². The van der Waals surface area contributed by atoms with Gasteiger partial charge in [0.05, 0.1) is 21.7 Å². The fourth-order valence-electron chi connectivity index (χ4n) is 2.17. The van der Waals surface area contributed by atoms with Crippen molar-refractivity contribution < 1.29 is 9.72 Å². The normalized spacial score (nSPS) is 10.7. The summed E-state index contributed by atoms with van der Waals surface area (Å²) in [5.41, 5.74) is 3.44. The molecule has 0 saturated heterocycles. The predicted octanol–water partition coefficient (Wildman–Crippen LogP) is 3.51. The number of aromatic nitrogens is 2. The lowest BCUT2D eigenvalue weighted by Gasteiger charge is -2.03. The number of H-pyrrole nitrogens is 1. The standard InChI is InChI=1S/C16H14N4O3S/c1-10-2-7-13-14(8-10)19-16(18-13)24-9-15(21)17-11-3-5-12(6-4-11)20(22)23/h2-8H,9H2,1H3,(H,17,21)(H,18,19). The van der Waals surface area contributed by atoms with Gasteiger partial charge < -0.3 is 10.3 Å². The zero-order valence-electron chi connectivity index (χ0n) is 12.8. The number of imidazole rings is 1. The summed E-state index contributed by atoms with van der Waals surface area (Å²) in [6, 6.07) is 11.6. The first-order valence-electron chi connectivity index (χ1n) is 7.15. The van der Waals surface area contributed by atoms with Gasteiger partial charge in [-0.25, -0.2) is 4.98 Å². The zero-order chi connectivity index (χ0) is 17.1. The van der Waals surface area contributed by atoms with Crippen molar-refractivity contribution in [2.24, 2.45) is 0 Å². The molecule has 1 heterocycles. The molecule has 0 atom stereocenters. The van der Waals surface area contributed by atoms with Gasteiger partial charge in [0.25, 0.3) is 5.69 Å². The lowest BCUT2D eigenvalue weighted by atomic mass is 10.2. The molecule has 2 aromatic carbocycles. The van der Waals surface area contributed by atoms with Gasteiger partial charge in [-0.1, -0.05) is 17.8 Å². The molecule has 3 rings (SSSR count). The number of nitro groups is 1. The van der Waals surface area contributed by atoms with E-state index in [1.807, 2.05) is 25.1 Å². The fraction of sp³-hybridized carbons (Fsp3) is 0.125. The molecule has 0 aliphatic heterocycles. The van der Waals surface area contributed by atoms with Crippen molar-refractivity contribution in [3.63, 3.8) is 0 Å². The average Bonchev–Trinajstić information content (AvgIpc) is 2.95. The first-order valence-corrected chi connectivity index (χ1v) is 8.13. The number of nitro benzene ring substituents is 1. The van der Waals surface area contributed by atoms with Crippen LogP contribution in [0, 0.1) is 17.0 Å². The van der Waals surface area contributed by atoms with Gasteiger partial charge in [-0.05, 0) is 36.8 Å². The van der Waals surface area contributed by atoms with E-state index in [4.69, 9.17) is 0 Å². The van der Waals surface area contributed by atoms with E-state index in [-0.39, 0.29) is 17.3 Å². The van der Waals surface area contributed by atoms with Gasteiger partial charge in [-0.2, -0.15) is 0 Å². The number of aromatic amines is 1. The van der Waals surface area contributed by atoms with E-state index in [1.165, 1.54) is 36.0 Å².